The summed E-state index contributed by atoms with van der Waals surface area (Å²) in [5.74, 6) is -0.620. The Morgan fingerprint density at radius 1 is 1.18 bits per heavy atom. The molecular weight excluding hydrogens is 465 g/mol. The van der Waals surface area contributed by atoms with Gasteiger partial charge in [0.15, 0.2) is 0 Å². The molecule has 6 nitrogen and oxygen atoms in total. The van der Waals surface area contributed by atoms with E-state index in [-0.39, 0.29) is 17.6 Å². The zero-order valence-electron chi connectivity index (χ0n) is 18.0. The minimum absolute atomic E-state index is 0.0769. The summed E-state index contributed by atoms with van der Waals surface area (Å²) in [7, 11) is 0. The highest BCUT2D eigenvalue weighted by Crippen LogP contribution is 2.37. The zero-order valence-corrected chi connectivity index (χ0v) is 18.8. The number of aromatic nitrogens is 2. The van der Waals surface area contributed by atoms with E-state index >= 15 is 0 Å². The van der Waals surface area contributed by atoms with Crippen molar-refractivity contribution in [3.8, 4) is 0 Å². The van der Waals surface area contributed by atoms with Gasteiger partial charge in [0, 0.05) is 28.7 Å². The van der Waals surface area contributed by atoms with Crippen LogP contribution in [-0.4, -0.2) is 32.6 Å². The molecule has 174 valence electrons. The van der Waals surface area contributed by atoms with Gasteiger partial charge in [0.05, 0.1) is 23.4 Å². The maximum Gasteiger partial charge on any atom is 0.416 e. The molecule has 3 aromatic heterocycles. The van der Waals surface area contributed by atoms with Gasteiger partial charge in [0.25, 0.3) is 11.8 Å². The van der Waals surface area contributed by atoms with Crippen LogP contribution in [0.5, 0.6) is 0 Å². The normalized spacial score (nSPS) is 15.9. The lowest BCUT2D eigenvalue weighted by Crippen LogP contribution is -2.39. The Morgan fingerprint density at radius 2 is 2.00 bits per heavy atom. The van der Waals surface area contributed by atoms with E-state index in [1.165, 1.54) is 23.5 Å². The highest BCUT2D eigenvalue weighted by molar-refractivity contribution is 7.10. The van der Waals surface area contributed by atoms with Crippen LogP contribution in [0, 0.1) is 0 Å². The van der Waals surface area contributed by atoms with Gasteiger partial charge in [0.1, 0.15) is 11.3 Å². The summed E-state index contributed by atoms with van der Waals surface area (Å²) in [5, 5.41) is 4.27. The number of alkyl halides is 3. The first-order valence-electron chi connectivity index (χ1n) is 10.6. The predicted molar refractivity (Wildman–Crippen MR) is 122 cm³/mol. The number of imidazole rings is 1. The summed E-state index contributed by atoms with van der Waals surface area (Å²) in [6, 6.07) is 9.79. The molecule has 1 N–H and O–H groups in total. The Bertz CT molecular complexity index is 1410. The molecule has 1 atom stereocenters. The van der Waals surface area contributed by atoms with E-state index in [2.05, 4.69) is 10.3 Å². The Hall–Kier alpha value is -3.66. The Balaban J connectivity index is 1.37. The van der Waals surface area contributed by atoms with Crippen molar-refractivity contribution in [2.45, 2.75) is 25.6 Å². The number of anilines is 1. The summed E-state index contributed by atoms with van der Waals surface area (Å²) in [5.41, 5.74) is 1.64. The smallest absolute Gasteiger partial charge is 0.329 e. The molecule has 4 aromatic rings. The van der Waals surface area contributed by atoms with Crippen LogP contribution in [0.4, 0.5) is 18.9 Å². The largest absolute Gasteiger partial charge is 0.416 e. The molecule has 34 heavy (non-hydrogen) atoms. The van der Waals surface area contributed by atoms with Crippen molar-refractivity contribution in [3.63, 3.8) is 0 Å². The van der Waals surface area contributed by atoms with Gasteiger partial charge in [-0.05, 0) is 49.2 Å². The number of amides is 2. The Kier molecular flexibility index (Phi) is 5.40. The molecule has 1 aliphatic rings. The standard InChI is InChI=1S/C24H19F3N4O2S/c1-14-21-17(8-10-30(14)23(33)19-12-28-20-7-2-3-9-31(19)20)18(13-34-21)22(32)29-16-6-4-5-15(11-16)24(25,26)27/h2-7,9,11-14H,8,10H2,1H3,(H,29,32). The minimum Gasteiger partial charge on any atom is -0.329 e. The summed E-state index contributed by atoms with van der Waals surface area (Å²) < 4.78 is 40.7. The van der Waals surface area contributed by atoms with Crippen molar-refractivity contribution >= 4 is 34.5 Å². The molecule has 0 fully saturated rings. The molecular formula is C24H19F3N4O2S. The molecule has 0 spiro atoms. The maximum atomic E-state index is 13.3. The lowest BCUT2D eigenvalue weighted by Gasteiger charge is -2.33. The first-order valence-corrected chi connectivity index (χ1v) is 11.4. The number of benzene rings is 1. The molecule has 4 heterocycles. The van der Waals surface area contributed by atoms with Gasteiger partial charge in [-0.3, -0.25) is 14.0 Å². The molecule has 1 aromatic carbocycles. The number of halogens is 3. The van der Waals surface area contributed by atoms with Crippen LogP contribution in [0.3, 0.4) is 0 Å². The van der Waals surface area contributed by atoms with Crippen molar-refractivity contribution in [1.82, 2.24) is 14.3 Å². The summed E-state index contributed by atoms with van der Waals surface area (Å²) in [6.45, 7) is 2.32. The molecule has 1 unspecified atom stereocenters. The minimum atomic E-state index is -4.49. The van der Waals surface area contributed by atoms with Crippen LogP contribution >= 0.6 is 11.3 Å². The number of hydrogen-bond donors (Lipinski definition) is 1. The van der Waals surface area contributed by atoms with Crippen LogP contribution in [0.1, 0.15) is 49.8 Å². The third-order valence-electron chi connectivity index (χ3n) is 5.97. The average Bonchev–Trinajstić information content (AvgIpc) is 3.43. The summed E-state index contributed by atoms with van der Waals surface area (Å²) in [6.07, 6.45) is -0.676. The van der Waals surface area contributed by atoms with E-state index in [0.717, 1.165) is 22.6 Å². The van der Waals surface area contributed by atoms with E-state index in [1.54, 1.807) is 27.1 Å². The third-order valence-corrected chi connectivity index (χ3v) is 7.16. The molecule has 0 radical (unpaired) electrons. The Labute approximate surface area is 196 Å². The molecule has 5 rings (SSSR count). The van der Waals surface area contributed by atoms with Crippen molar-refractivity contribution in [2.75, 3.05) is 11.9 Å². The van der Waals surface area contributed by atoms with Gasteiger partial charge in [-0.15, -0.1) is 11.3 Å². The summed E-state index contributed by atoms with van der Waals surface area (Å²) in [4.78, 5) is 33.1. The molecule has 0 saturated carbocycles. The maximum absolute atomic E-state index is 13.3. The lowest BCUT2D eigenvalue weighted by molar-refractivity contribution is -0.137. The second-order valence-corrected chi connectivity index (χ2v) is 8.93. The van der Waals surface area contributed by atoms with E-state index in [0.29, 0.717) is 29.9 Å². The second kappa shape index (κ2) is 8.28. The predicted octanol–water partition coefficient (Wildman–Crippen LogP) is 5.43. The first-order chi connectivity index (χ1) is 16.2. The fourth-order valence-electron chi connectivity index (χ4n) is 4.25. The van der Waals surface area contributed by atoms with Gasteiger partial charge < -0.3 is 10.2 Å². The quantitative estimate of drug-likeness (QED) is 0.422. The number of fused-ring (bicyclic) bond motifs is 2. The number of carbonyl (C=O) groups is 2. The number of hydrogen-bond acceptors (Lipinski definition) is 4. The number of nitrogens with one attached hydrogen (secondary N) is 1. The van der Waals surface area contributed by atoms with Crippen molar-refractivity contribution < 1.29 is 22.8 Å². The van der Waals surface area contributed by atoms with Gasteiger partial charge in [0.2, 0.25) is 0 Å². The van der Waals surface area contributed by atoms with Gasteiger partial charge >= 0.3 is 6.18 Å². The van der Waals surface area contributed by atoms with E-state index < -0.39 is 17.6 Å². The molecule has 1 aliphatic heterocycles. The molecule has 0 aliphatic carbocycles. The van der Waals surface area contributed by atoms with E-state index in [1.807, 2.05) is 25.1 Å². The zero-order chi connectivity index (χ0) is 24.0. The molecule has 10 heteroatoms. The molecule has 2 amide bonds. The first kappa shape index (κ1) is 22.1. The van der Waals surface area contributed by atoms with Crippen LogP contribution < -0.4 is 5.32 Å². The average molecular weight is 485 g/mol. The monoisotopic (exact) mass is 484 g/mol. The number of pyridine rings is 1. The number of rotatable bonds is 3. The van der Waals surface area contributed by atoms with Crippen molar-refractivity contribution in [2.24, 2.45) is 0 Å². The van der Waals surface area contributed by atoms with Gasteiger partial charge in [-0.25, -0.2) is 4.98 Å². The van der Waals surface area contributed by atoms with Gasteiger partial charge in [-0.2, -0.15) is 13.2 Å². The Morgan fingerprint density at radius 3 is 2.79 bits per heavy atom. The highest BCUT2D eigenvalue weighted by atomic mass is 32.1. The number of nitrogens with zero attached hydrogens (tertiary/aromatic N) is 3. The van der Waals surface area contributed by atoms with Crippen LogP contribution in [0.25, 0.3) is 5.65 Å². The fraction of sp³-hybridized carbons (Fsp3) is 0.208. The van der Waals surface area contributed by atoms with Crippen LogP contribution in [0.2, 0.25) is 0 Å². The number of carbonyl (C=O) groups excluding carboxylic acids is 2. The van der Waals surface area contributed by atoms with Crippen LogP contribution in [0.15, 0.2) is 60.2 Å². The van der Waals surface area contributed by atoms with Crippen molar-refractivity contribution in [1.29, 1.82) is 0 Å². The molecule has 0 saturated heterocycles. The fourth-order valence-corrected chi connectivity index (χ4v) is 5.42. The van der Waals surface area contributed by atoms with Crippen LogP contribution in [-0.2, 0) is 12.6 Å². The number of thiophene rings is 1. The third kappa shape index (κ3) is 3.83. The van der Waals surface area contributed by atoms with Gasteiger partial charge in [-0.1, -0.05) is 12.1 Å². The SMILES string of the molecule is CC1c2scc(C(=O)Nc3cccc(C(F)(F)F)c3)c2CCN1C(=O)c1cnc2ccccn12. The van der Waals surface area contributed by atoms with E-state index in [9.17, 15) is 22.8 Å². The summed E-state index contributed by atoms with van der Waals surface area (Å²) >= 11 is 1.37. The highest BCUT2D eigenvalue weighted by Gasteiger charge is 2.34. The lowest BCUT2D eigenvalue weighted by atomic mass is 9.98. The van der Waals surface area contributed by atoms with E-state index in [4.69, 9.17) is 0 Å². The second-order valence-electron chi connectivity index (χ2n) is 8.02. The molecule has 0 bridgehead atoms. The van der Waals surface area contributed by atoms with Crippen molar-refractivity contribution in [3.05, 3.63) is 87.5 Å². The topological polar surface area (TPSA) is 66.7 Å².